The maximum atomic E-state index is 5.95. The highest BCUT2D eigenvalue weighted by Crippen LogP contribution is 2.26. The lowest BCUT2D eigenvalue weighted by Crippen LogP contribution is -2.38. The van der Waals surface area contributed by atoms with Crippen molar-refractivity contribution in [3.05, 3.63) is 17.0 Å². The van der Waals surface area contributed by atoms with Crippen molar-refractivity contribution in [1.29, 1.82) is 0 Å². The first-order chi connectivity index (χ1) is 8.74. The third kappa shape index (κ3) is 2.15. The summed E-state index contributed by atoms with van der Waals surface area (Å²) in [5, 5.41) is 8.16. The van der Waals surface area contributed by atoms with Gasteiger partial charge in [-0.1, -0.05) is 0 Å². The highest BCUT2D eigenvalue weighted by atomic mass is 35.5. The van der Waals surface area contributed by atoms with Crippen LogP contribution in [0.2, 0.25) is 5.28 Å². The normalized spacial score (nSPS) is 20.2. The zero-order valence-electron chi connectivity index (χ0n) is 10.3. The molecule has 1 atom stereocenters. The van der Waals surface area contributed by atoms with Gasteiger partial charge in [-0.15, -0.1) is 0 Å². The minimum absolute atomic E-state index is 0.274. The molecule has 2 aromatic heterocycles. The molecule has 3 heterocycles. The van der Waals surface area contributed by atoms with Crippen LogP contribution in [-0.2, 0) is 0 Å². The van der Waals surface area contributed by atoms with E-state index in [4.69, 9.17) is 11.6 Å². The van der Waals surface area contributed by atoms with Gasteiger partial charge in [-0.05, 0) is 43.5 Å². The number of hydrogen-bond acceptors (Lipinski definition) is 4. The molecule has 1 saturated heterocycles. The number of aromatic amines is 1. The number of hydrogen-bond donors (Lipinski definition) is 3. The Bertz CT molecular complexity index is 559. The molecule has 3 rings (SSSR count). The van der Waals surface area contributed by atoms with Crippen molar-refractivity contribution < 1.29 is 0 Å². The molecule has 0 radical (unpaired) electrons. The van der Waals surface area contributed by atoms with Crippen molar-refractivity contribution in [1.82, 2.24) is 20.3 Å². The zero-order chi connectivity index (χ0) is 12.5. The van der Waals surface area contributed by atoms with Crippen LogP contribution in [0.1, 0.15) is 18.4 Å². The second-order valence-corrected chi connectivity index (χ2v) is 5.06. The van der Waals surface area contributed by atoms with E-state index in [-0.39, 0.29) is 5.28 Å². The number of aromatic nitrogens is 3. The topological polar surface area (TPSA) is 65.6 Å². The summed E-state index contributed by atoms with van der Waals surface area (Å²) in [7, 11) is 0. The van der Waals surface area contributed by atoms with Crippen LogP contribution in [0.3, 0.4) is 0 Å². The Kier molecular flexibility index (Phi) is 3.09. The van der Waals surface area contributed by atoms with E-state index < -0.39 is 0 Å². The molecule has 0 aliphatic carbocycles. The number of H-pyrrole nitrogens is 1. The first kappa shape index (κ1) is 11.7. The summed E-state index contributed by atoms with van der Waals surface area (Å²) < 4.78 is 0. The van der Waals surface area contributed by atoms with Gasteiger partial charge in [0, 0.05) is 18.8 Å². The number of nitrogens with zero attached hydrogens (tertiary/aromatic N) is 2. The van der Waals surface area contributed by atoms with Gasteiger partial charge >= 0.3 is 0 Å². The molecule has 0 aromatic carbocycles. The number of fused-ring (bicyclic) bond motifs is 1. The van der Waals surface area contributed by atoms with Gasteiger partial charge in [-0.2, -0.15) is 4.98 Å². The smallest absolute Gasteiger partial charge is 0.226 e. The number of anilines is 1. The molecular formula is C12H16ClN5. The van der Waals surface area contributed by atoms with Crippen molar-refractivity contribution in [2.75, 3.05) is 18.4 Å². The molecule has 0 spiro atoms. The summed E-state index contributed by atoms with van der Waals surface area (Å²) in [6.45, 7) is 4.11. The van der Waals surface area contributed by atoms with Crippen molar-refractivity contribution in [3.8, 4) is 0 Å². The number of aryl methyl sites for hydroxylation is 1. The largest absolute Gasteiger partial charge is 0.365 e. The molecule has 5 nitrogen and oxygen atoms in total. The fourth-order valence-electron chi connectivity index (χ4n) is 2.43. The van der Waals surface area contributed by atoms with Gasteiger partial charge in [-0.3, -0.25) is 0 Å². The lowest BCUT2D eigenvalue weighted by Gasteiger charge is -2.24. The van der Waals surface area contributed by atoms with Crippen molar-refractivity contribution in [3.63, 3.8) is 0 Å². The van der Waals surface area contributed by atoms with Crippen molar-refractivity contribution >= 4 is 28.5 Å². The Hall–Kier alpha value is -1.33. The lowest BCUT2D eigenvalue weighted by molar-refractivity contribution is 0.479. The minimum Gasteiger partial charge on any atom is -0.365 e. The molecule has 0 bridgehead atoms. The highest BCUT2D eigenvalue weighted by molar-refractivity contribution is 6.28. The molecule has 1 aliphatic rings. The van der Waals surface area contributed by atoms with Gasteiger partial charge in [0.2, 0.25) is 5.28 Å². The fourth-order valence-corrected chi connectivity index (χ4v) is 2.60. The summed E-state index contributed by atoms with van der Waals surface area (Å²) in [5.74, 6) is 0.831. The van der Waals surface area contributed by atoms with Crippen LogP contribution in [0.25, 0.3) is 11.0 Å². The first-order valence-electron chi connectivity index (χ1n) is 6.22. The van der Waals surface area contributed by atoms with Gasteiger partial charge in [-0.25, -0.2) is 4.98 Å². The van der Waals surface area contributed by atoms with Crippen molar-refractivity contribution in [2.45, 2.75) is 25.8 Å². The van der Waals surface area contributed by atoms with E-state index in [0.29, 0.717) is 6.04 Å². The van der Waals surface area contributed by atoms with Gasteiger partial charge in [0.1, 0.15) is 11.5 Å². The van der Waals surface area contributed by atoms with Crippen LogP contribution in [0.5, 0.6) is 0 Å². The van der Waals surface area contributed by atoms with Crippen LogP contribution < -0.4 is 10.6 Å². The highest BCUT2D eigenvalue weighted by Gasteiger charge is 2.17. The van der Waals surface area contributed by atoms with E-state index in [1.54, 1.807) is 0 Å². The van der Waals surface area contributed by atoms with E-state index in [1.165, 1.54) is 6.42 Å². The fraction of sp³-hybridized carbons (Fsp3) is 0.500. The summed E-state index contributed by atoms with van der Waals surface area (Å²) in [6, 6.07) is 0.405. The second kappa shape index (κ2) is 4.74. The van der Waals surface area contributed by atoms with Crippen LogP contribution >= 0.6 is 11.6 Å². The predicted octanol–water partition coefficient (Wildman–Crippen LogP) is 2.08. The van der Waals surface area contributed by atoms with E-state index in [0.717, 1.165) is 41.9 Å². The van der Waals surface area contributed by atoms with Gasteiger partial charge in [0.05, 0.1) is 5.39 Å². The average Bonchev–Trinajstić information content (AvgIpc) is 2.72. The number of nitrogens with one attached hydrogen (secondary N) is 3. The molecule has 1 aliphatic heterocycles. The number of rotatable bonds is 2. The number of piperidine rings is 1. The molecule has 0 amide bonds. The Balaban J connectivity index is 1.96. The van der Waals surface area contributed by atoms with E-state index in [2.05, 4.69) is 25.6 Å². The van der Waals surface area contributed by atoms with Crippen LogP contribution in [0.15, 0.2) is 6.20 Å². The molecule has 96 valence electrons. The first-order valence-corrected chi connectivity index (χ1v) is 6.60. The average molecular weight is 266 g/mol. The molecule has 2 aromatic rings. The third-order valence-corrected chi connectivity index (χ3v) is 3.51. The monoisotopic (exact) mass is 265 g/mol. The minimum atomic E-state index is 0.274. The summed E-state index contributed by atoms with van der Waals surface area (Å²) in [5.41, 5.74) is 1.92. The SMILES string of the molecule is Cc1c[nH]c2nc(Cl)nc(NC3CCCNC3)c12. The van der Waals surface area contributed by atoms with Gasteiger partial charge in [0.25, 0.3) is 0 Å². The molecule has 1 unspecified atom stereocenters. The van der Waals surface area contributed by atoms with Gasteiger partial charge < -0.3 is 15.6 Å². The summed E-state index contributed by atoms with van der Waals surface area (Å²) in [4.78, 5) is 11.6. The second-order valence-electron chi connectivity index (χ2n) is 4.72. The predicted molar refractivity (Wildman–Crippen MR) is 73.2 cm³/mol. The number of halogens is 1. The molecule has 0 saturated carbocycles. The third-order valence-electron chi connectivity index (χ3n) is 3.34. The molecule has 1 fully saturated rings. The zero-order valence-corrected chi connectivity index (χ0v) is 11.0. The van der Waals surface area contributed by atoms with Crippen LogP contribution in [0.4, 0.5) is 5.82 Å². The maximum Gasteiger partial charge on any atom is 0.226 e. The Labute approximate surface area is 110 Å². The quantitative estimate of drug-likeness (QED) is 0.728. The standard InChI is InChI=1S/C12H16ClN5/c1-7-5-15-10-9(7)11(18-12(13)17-10)16-8-3-2-4-14-6-8/h5,8,14H,2-4,6H2,1H3,(H2,15,16,17,18). The van der Waals surface area contributed by atoms with E-state index in [9.17, 15) is 0 Å². The Morgan fingerprint density at radius 1 is 1.44 bits per heavy atom. The Morgan fingerprint density at radius 3 is 3.11 bits per heavy atom. The summed E-state index contributed by atoms with van der Waals surface area (Å²) in [6.07, 6.45) is 4.27. The van der Waals surface area contributed by atoms with Gasteiger partial charge in [0.15, 0.2) is 0 Å². The summed E-state index contributed by atoms with van der Waals surface area (Å²) >= 11 is 5.95. The van der Waals surface area contributed by atoms with Crippen LogP contribution in [0, 0.1) is 6.92 Å². The van der Waals surface area contributed by atoms with E-state index >= 15 is 0 Å². The Morgan fingerprint density at radius 2 is 2.33 bits per heavy atom. The molecule has 3 N–H and O–H groups in total. The molecule has 6 heteroatoms. The lowest BCUT2D eigenvalue weighted by atomic mass is 10.1. The maximum absolute atomic E-state index is 5.95. The molecular weight excluding hydrogens is 250 g/mol. The van der Waals surface area contributed by atoms with Crippen LogP contribution in [-0.4, -0.2) is 34.1 Å². The van der Waals surface area contributed by atoms with E-state index in [1.807, 2.05) is 13.1 Å². The molecule has 18 heavy (non-hydrogen) atoms. The van der Waals surface area contributed by atoms with Crippen molar-refractivity contribution in [2.24, 2.45) is 0 Å².